The molecule has 0 spiro atoms. The van der Waals surface area contributed by atoms with Gasteiger partial charge in [0, 0.05) is 16.8 Å². The zero-order valence-corrected chi connectivity index (χ0v) is 16.6. The predicted molar refractivity (Wildman–Crippen MR) is 106 cm³/mol. The number of amides is 1. The minimum absolute atomic E-state index is 0.191. The summed E-state index contributed by atoms with van der Waals surface area (Å²) in [6.45, 7) is 0.0335. The Balaban J connectivity index is 1.49. The average molecular weight is 420 g/mol. The lowest BCUT2D eigenvalue weighted by atomic mass is 10.2. The van der Waals surface area contributed by atoms with E-state index in [1.54, 1.807) is 18.2 Å². The number of benzene rings is 2. The number of ether oxygens (including phenoxy) is 1. The molecular weight excluding hydrogens is 402 g/mol. The van der Waals surface area contributed by atoms with Crippen LogP contribution in [0, 0.1) is 0 Å². The summed E-state index contributed by atoms with van der Waals surface area (Å²) in [5, 5.41) is 3.35. The van der Waals surface area contributed by atoms with Crippen molar-refractivity contribution in [2.24, 2.45) is 0 Å². The van der Waals surface area contributed by atoms with Crippen molar-refractivity contribution in [3.05, 3.63) is 71.4 Å². The van der Waals surface area contributed by atoms with Gasteiger partial charge in [0.25, 0.3) is 5.91 Å². The molecule has 1 aromatic heterocycles. The minimum atomic E-state index is -3.26. The van der Waals surface area contributed by atoms with Crippen LogP contribution in [0.15, 0.2) is 70.0 Å². The fourth-order valence-corrected chi connectivity index (χ4v) is 3.17. The van der Waals surface area contributed by atoms with Crippen LogP contribution >= 0.6 is 11.6 Å². The first-order valence-corrected chi connectivity index (χ1v) is 10.6. The summed E-state index contributed by atoms with van der Waals surface area (Å²) in [6.07, 6.45) is 1.13. The van der Waals surface area contributed by atoms with Crippen molar-refractivity contribution in [1.82, 2.24) is 5.32 Å². The zero-order chi connectivity index (χ0) is 20.1. The van der Waals surface area contributed by atoms with E-state index in [1.165, 1.54) is 24.3 Å². The number of rotatable bonds is 7. The molecule has 0 aliphatic heterocycles. The quantitative estimate of drug-likeness (QED) is 0.631. The number of hydrogen-bond donors (Lipinski definition) is 1. The maximum Gasteiger partial charge on any atom is 0.258 e. The summed E-state index contributed by atoms with van der Waals surface area (Å²) in [5.74, 6) is 1.38. The van der Waals surface area contributed by atoms with Gasteiger partial charge in [-0.3, -0.25) is 4.79 Å². The van der Waals surface area contributed by atoms with Crippen LogP contribution in [-0.4, -0.2) is 27.2 Å². The van der Waals surface area contributed by atoms with Crippen molar-refractivity contribution in [1.29, 1.82) is 0 Å². The molecule has 3 rings (SSSR count). The zero-order valence-electron chi connectivity index (χ0n) is 15.0. The van der Waals surface area contributed by atoms with Crippen molar-refractivity contribution >= 4 is 27.3 Å². The average Bonchev–Trinajstić information content (AvgIpc) is 3.14. The minimum Gasteiger partial charge on any atom is -0.484 e. The summed E-state index contributed by atoms with van der Waals surface area (Å²) in [7, 11) is -3.26. The first kappa shape index (κ1) is 20.0. The molecular formula is C20H18ClNO5S. The van der Waals surface area contributed by atoms with E-state index in [4.69, 9.17) is 20.8 Å². The molecule has 1 N–H and O–H groups in total. The van der Waals surface area contributed by atoms with Crippen molar-refractivity contribution < 1.29 is 22.4 Å². The molecule has 0 saturated heterocycles. The summed E-state index contributed by atoms with van der Waals surface area (Å²) in [4.78, 5) is 12.1. The third kappa shape index (κ3) is 5.37. The summed E-state index contributed by atoms with van der Waals surface area (Å²) < 4.78 is 33.9. The number of hydrogen-bond acceptors (Lipinski definition) is 5. The summed E-state index contributed by atoms with van der Waals surface area (Å²) in [6, 6.07) is 16.8. The van der Waals surface area contributed by atoms with Gasteiger partial charge in [-0.25, -0.2) is 8.42 Å². The second-order valence-corrected chi connectivity index (χ2v) is 8.53. The second kappa shape index (κ2) is 8.50. The Kier molecular flexibility index (Phi) is 6.06. The van der Waals surface area contributed by atoms with E-state index in [1.807, 2.05) is 18.2 Å². The molecule has 0 aliphatic carbocycles. The lowest BCUT2D eigenvalue weighted by Gasteiger charge is -2.07. The molecule has 0 unspecified atom stereocenters. The molecule has 8 heteroatoms. The van der Waals surface area contributed by atoms with Gasteiger partial charge in [0.05, 0.1) is 11.4 Å². The molecule has 1 heterocycles. The summed E-state index contributed by atoms with van der Waals surface area (Å²) in [5.41, 5.74) is 0.892. The number of nitrogens with one attached hydrogen (secondary N) is 1. The van der Waals surface area contributed by atoms with Gasteiger partial charge >= 0.3 is 0 Å². The number of sulfone groups is 1. The van der Waals surface area contributed by atoms with Gasteiger partial charge in [0.2, 0.25) is 0 Å². The normalized spacial score (nSPS) is 11.2. The SMILES string of the molecule is CS(=O)(=O)c1ccc(OCC(=O)NCc2ccc(-c3ccc(Cl)cc3)o2)cc1. The Morgan fingerprint density at radius 2 is 1.71 bits per heavy atom. The van der Waals surface area contributed by atoms with Crippen molar-refractivity contribution in [3.63, 3.8) is 0 Å². The maximum atomic E-state index is 11.9. The Hall–Kier alpha value is -2.77. The predicted octanol–water partition coefficient (Wildman–Crippen LogP) is 3.70. The van der Waals surface area contributed by atoms with Crippen molar-refractivity contribution in [2.75, 3.05) is 12.9 Å². The molecule has 0 aliphatic rings. The smallest absolute Gasteiger partial charge is 0.258 e. The van der Waals surface area contributed by atoms with Gasteiger partial charge in [-0.15, -0.1) is 0 Å². The van der Waals surface area contributed by atoms with Gasteiger partial charge < -0.3 is 14.5 Å². The topological polar surface area (TPSA) is 85.6 Å². The Morgan fingerprint density at radius 1 is 1.04 bits per heavy atom. The van der Waals surface area contributed by atoms with Crippen LogP contribution in [0.3, 0.4) is 0 Å². The highest BCUT2D eigenvalue weighted by Crippen LogP contribution is 2.23. The van der Waals surface area contributed by atoms with Crippen LogP contribution in [0.2, 0.25) is 5.02 Å². The molecule has 28 heavy (non-hydrogen) atoms. The summed E-state index contributed by atoms with van der Waals surface area (Å²) >= 11 is 5.87. The number of carbonyl (C=O) groups is 1. The number of furan rings is 1. The van der Waals surface area contributed by atoms with Crippen LogP contribution in [0.5, 0.6) is 5.75 Å². The molecule has 3 aromatic rings. The van der Waals surface area contributed by atoms with Gasteiger partial charge in [-0.2, -0.15) is 0 Å². The van der Waals surface area contributed by atoms with Gasteiger partial charge in [-0.05, 0) is 60.7 Å². The Morgan fingerprint density at radius 3 is 2.36 bits per heavy atom. The molecule has 0 atom stereocenters. The maximum absolute atomic E-state index is 11.9. The lowest BCUT2D eigenvalue weighted by molar-refractivity contribution is -0.123. The molecule has 0 fully saturated rings. The lowest BCUT2D eigenvalue weighted by Crippen LogP contribution is -2.28. The molecule has 6 nitrogen and oxygen atoms in total. The second-order valence-electron chi connectivity index (χ2n) is 6.08. The number of halogens is 1. The van der Waals surface area contributed by atoms with E-state index < -0.39 is 9.84 Å². The molecule has 0 radical (unpaired) electrons. The van der Waals surface area contributed by atoms with Crippen LogP contribution in [0.4, 0.5) is 0 Å². The third-order valence-electron chi connectivity index (χ3n) is 3.87. The Labute approximate surface area is 168 Å². The van der Waals surface area contributed by atoms with Crippen molar-refractivity contribution in [3.8, 4) is 17.1 Å². The van der Waals surface area contributed by atoms with Gasteiger partial charge in [0.15, 0.2) is 16.4 Å². The van der Waals surface area contributed by atoms with E-state index in [9.17, 15) is 13.2 Å². The molecule has 146 valence electrons. The van der Waals surface area contributed by atoms with Crippen LogP contribution in [0.1, 0.15) is 5.76 Å². The fraction of sp³-hybridized carbons (Fsp3) is 0.150. The highest BCUT2D eigenvalue weighted by atomic mass is 35.5. The third-order valence-corrected chi connectivity index (χ3v) is 5.25. The van der Waals surface area contributed by atoms with Crippen LogP contribution < -0.4 is 10.1 Å². The van der Waals surface area contributed by atoms with E-state index in [0.717, 1.165) is 11.8 Å². The fourth-order valence-electron chi connectivity index (χ4n) is 2.41. The monoisotopic (exact) mass is 419 g/mol. The standard InChI is InChI=1S/C20H18ClNO5S/c1-28(24,25)18-9-6-16(7-10-18)26-13-20(23)22-12-17-8-11-19(27-17)14-2-4-15(21)5-3-14/h2-11H,12-13H2,1H3,(H,22,23). The van der Waals surface area contributed by atoms with Gasteiger partial charge in [0.1, 0.15) is 17.3 Å². The number of carbonyl (C=O) groups excluding carboxylic acids is 1. The molecule has 0 saturated carbocycles. The van der Waals surface area contributed by atoms with Gasteiger partial charge in [-0.1, -0.05) is 11.6 Å². The highest BCUT2D eigenvalue weighted by Gasteiger charge is 2.09. The highest BCUT2D eigenvalue weighted by molar-refractivity contribution is 7.90. The largest absolute Gasteiger partial charge is 0.484 e. The van der Waals surface area contributed by atoms with Crippen molar-refractivity contribution in [2.45, 2.75) is 11.4 Å². The molecule has 1 amide bonds. The Bertz CT molecular complexity index is 1060. The first-order chi connectivity index (χ1) is 13.3. The van der Waals surface area contributed by atoms with Crippen LogP contribution in [0.25, 0.3) is 11.3 Å². The van der Waals surface area contributed by atoms with E-state index in [-0.39, 0.29) is 24.0 Å². The van der Waals surface area contributed by atoms with E-state index in [2.05, 4.69) is 5.32 Å². The first-order valence-electron chi connectivity index (χ1n) is 8.35. The van der Waals surface area contributed by atoms with E-state index >= 15 is 0 Å². The molecule has 0 bridgehead atoms. The van der Waals surface area contributed by atoms with E-state index in [0.29, 0.717) is 22.3 Å². The molecule has 2 aromatic carbocycles. The van der Waals surface area contributed by atoms with Crippen LogP contribution in [-0.2, 0) is 21.2 Å².